The summed E-state index contributed by atoms with van der Waals surface area (Å²) in [5.41, 5.74) is 6.67. The molecule has 20 heavy (non-hydrogen) atoms. The average Bonchev–Trinajstić information content (AvgIpc) is 3.02. The third-order valence-electron chi connectivity index (χ3n) is 2.95. The van der Waals surface area contributed by atoms with Gasteiger partial charge in [0.15, 0.2) is 5.03 Å². The highest BCUT2D eigenvalue weighted by atomic mass is 32.2. The molecule has 10 heteroatoms. The molecule has 9 nitrogen and oxygen atoms in total. The fraction of sp³-hybridized carbons (Fsp3) is 0.500. The molecule has 0 radical (unpaired) electrons. The van der Waals surface area contributed by atoms with Crippen molar-refractivity contribution < 1.29 is 8.42 Å². The molecule has 2 heterocycles. The van der Waals surface area contributed by atoms with Gasteiger partial charge >= 0.3 is 0 Å². The van der Waals surface area contributed by atoms with E-state index in [2.05, 4.69) is 25.1 Å². The molecule has 0 saturated carbocycles. The first kappa shape index (κ1) is 14.6. The van der Waals surface area contributed by atoms with Crippen molar-refractivity contribution in [3.05, 3.63) is 23.4 Å². The lowest BCUT2D eigenvalue weighted by molar-refractivity contribution is 0.569. The number of hydrogen-bond acceptors (Lipinski definition) is 6. The van der Waals surface area contributed by atoms with Gasteiger partial charge in [0.2, 0.25) is 0 Å². The standard InChI is InChI=1S/C10H17N7O2S/c1-3-17-6-12-15-9(17)5-13-20(18,19)10-8(4-11)7(2)14-16-10/h6,13H,3-5,11H2,1-2H3,(H,14,16). The molecule has 0 atom stereocenters. The Morgan fingerprint density at radius 2 is 2.25 bits per heavy atom. The molecule has 0 spiro atoms. The van der Waals surface area contributed by atoms with Crippen LogP contribution >= 0.6 is 0 Å². The SMILES string of the molecule is CCn1cnnc1CNS(=O)(=O)c1n[nH]c(C)c1CN. The first-order valence-corrected chi connectivity index (χ1v) is 7.58. The number of rotatable bonds is 6. The van der Waals surface area contributed by atoms with Crippen molar-refractivity contribution in [2.24, 2.45) is 5.73 Å². The number of aromatic nitrogens is 5. The Balaban J connectivity index is 2.19. The van der Waals surface area contributed by atoms with E-state index in [1.54, 1.807) is 17.8 Å². The summed E-state index contributed by atoms with van der Waals surface area (Å²) in [6.45, 7) is 4.46. The smallest absolute Gasteiger partial charge is 0.260 e. The van der Waals surface area contributed by atoms with Crippen LogP contribution in [0.15, 0.2) is 11.4 Å². The van der Waals surface area contributed by atoms with Gasteiger partial charge in [-0.15, -0.1) is 10.2 Å². The molecule has 0 aliphatic carbocycles. The molecule has 0 aliphatic rings. The van der Waals surface area contributed by atoms with Crippen LogP contribution in [0, 0.1) is 6.92 Å². The zero-order valence-corrected chi connectivity index (χ0v) is 12.1. The van der Waals surface area contributed by atoms with E-state index >= 15 is 0 Å². The molecule has 0 fully saturated rings. The van der Waals surface area contributed by atoms with Crippen LogP contribution < -0.4 is 10.5 Å². The molecule has 0 aromatic carbocycles. The van der Waals surface area contributed by atoms with Crippen molar-refractivity contribution in [3.8, 4) is 0 Å². The monoisotopic (exact) mass is 299 g/mol. The number of hydrogen-bond donors (Lipinski definition) is 3. The molecule has 4 N–H and O–H groups in total. The van der Waals surface area contributed by atoms with E-state index in [1.807, 2.05) is 6.92 Å². The molecule has 110 valence electrons. The van der Waals surface area contributed by atoms with E-state index in [9.17, 15) is 8.42 Å². The second kappa shape index (κ2) is 5.69. The van der Waals surface area contributed by atoms with Gasteiger partial charge in [0, 0.05) is 24.3 Å². The van der Waals surface area contributed by atoms with Crippen molar-refractivity contribution in [2.45, 2.75) is 38.5 Å². The molecule has 0 aliphatic heterocycles. The number of nitrogens with two attached hydrogens (primary N) is 1. The Labute approximate surface area is 116 Å². The summed E-state index contributed by atoms with van der Waals surface area (Å²) in [7, 11) is -3.74. The lowest BCUT2D eigenvalue weighted by atomic mass is 10.3. The molecule has 0 amide bonds. The molecule has 2 aromatic rings. The Kier molecular flexibility index (Phi) is 4.16. The van der Waals surface area contributed by atoms with Crippen molar-refractivity contribution in [1.82, 2.24) is 29.7 Å². The van der Waals surface area contributed by atoms with Gasteiger partial charge in [-0.2, -0.15) is 5.10 Å². The van der Waals surface area contributed by atoms with Gasteiger partial charge in [-0.05, 0) is 13.8 Å². The van der Waals surface area contributed by atoms with Crippen LogP contribution in [0.2, 0.25) is 0 Å². The number of H-pyrrole nitrogens is 1. The van der Waals surface area contributed by atoms with Crippen molar-refractivity contribution in [3.63, 3.8) is 0 Å². The van der Waals surface area contributed by atoms with Crippen LogP contribution in [0.1, 0.15) is 24.0 Å². The summed E-state index contributed by atoms with van der Waals surface area (Å²) in [6.07, 6.45) is 1.55. The molecule has 0 saturated heterocycles. The van der Waals surface area contributed by atoms with Gasteiger partial charge in [-0.1, -0.05) is 0 Å². The number of aryl methyl sites for hydroxylation is 2. The lowest BCUT2D eigenvalue weighted by Gasteiger charge is -2.06. The highest BCUT2D eigenvalue weighted by Gasteiger charge is 2.23. The Morgan fingerprint density at radius 1 is 1.50 bits per heavy atom. The minimum Gasteiger partial charge on any atom is -0.326 e. The fourth-order valence-electron chi connectivity index (χ4n) is 1.80. The maximum Gasteiger partial charge on any atom is 0.260 e. The van der Waals surface area contributed by atoms with Crippen molar-refractivity contribution in [2.75, 3.05) is 0 Å². The second-order valence-electron chi connectivity index (χ2n) is 4.19. The molecule has 2 rings (SSSR count). The minimum absolute atomic E-state index is 0.0477. The summed E-state index contributed by atoms with van der Waals surface area (Å²) < 4.78 is 28.6. The van der Waals surface area contributed by atoms with Gasteiger partial charge in [0.25, 0.3) is 10.0 Å². The van der Waals surface area contributed by atoms with Crippen molar-refractivity contribution >= 4 is 10.0 Å². The van der Waals surface area contributed by atoms with Crippen LogP contribution in [-0.4, -0.2) is 33.4 Å². The number of sulfonamides is 1. The van der Waals surface area contributed by atoms with E-state index in [0.29, 0.717) is 23.6 Å². The third kappa shape index (κ3) is 2.71. The van der Waals surface area contributed by atoms with Crippen molar-refractivity contribution in [1.29, 1.82) is 0 Å². The van der Waals surface area contributed by atoms with Gasteiger partial charge in [0.1, 0.15) is 12.2 Å². The summed E-state index contributed by atoms with van der Waals surface area (Å²) >= 11 is 0. The number of nitrogens with zero attached hydrogens (tertiary/aromatic N) is 4. The van der Waals surface area contributed by atoms with Crippen LogP contribution in [0.25, 0.3) is 0 Å². The summed E-state index contributed by atoms with van der Waals surface area (Å²) in [5, 5.41) is 14.0. The van der Waals surface area contributed by atoms with Gasteiger partial charge in [0.05, 0.1) is 6.54 Å². The second-order valence-corrected chi connectivity index (χ2v) is 5.88. The van der Waals surface area contributed by atoms with Crippen LogP contribution in [0.4, 0.5) is 0 Å². The van der Waals surface area contributed by atoms with E-state index in [0.717, 1.165) is 0 Å². The Morgan fingerprint density at radius 3 is 2.90 bits per heavy atom. The van der Waals surface area contributed by atoms with Crippen LogP contribution in [0.5, 0.6) is 0 Å². The third-order valence-corrected chi connectivity index (χ3v) is 4.32. The van der Waals surface area contributed by atoms with E-state index < -0.39 is 10.0 Å². The Bertz CT molecular complexity index is 688. The quantitative estimate of drug-likeness (QED) is 0.644. The number of aromatic amines is 1. The fourth-order valence-corrected chi connectivity index (χ4v) is 2.98. The maximum absolute atomic E-state index is 12.2. The van der Waals surface area contributed by atoms with E-state index in [1.165, 1.54) is 0 Å². The zero-order valence-electron chi connectivity index (χ0n) is 11.3. The molecule has 0 unspecified atom stereocenters. The molecule has 0 bridgehead atoms. The minimum atomic E-state index is -3.74. The topological polar surface area (TPSA) is 132 Å². The van der Waals surface area contributed by atoms with Crippen LogP contribution in [0.3, 0.4) is 0 Å². The first-order valence-electron chi connectivity index (χ1n) is 6.09. The highest BCUT2D eigenvalue weighted by Crippen LogP contribution is 2.15. The molecule has 2 aromatic heterocycles. The number of nitrogens with one attached hydrogen (secondary N) is 2. The normalized spacial score (nSPS) is 11.9. The predicted octanol–water partition coefficient (Wildman–Crippen LogP) is -0.733. The Hall–Kier alpha value is -1.78. The van der Waals surface area contributed by atoms with E-state index in [4.69, 9.17) is 5.73 Å². The van der Waals surface area contributed by atoms with Gasteiger partial charge < -0.3 is 10.3 Å². The molecular weight excluding hydrogens is 282 g/mol. The predicted molar refractivity (Wildman–Crippen MR) is 70.9 cm³/mol. The largest absolute Gasteiger partial charge is 0.326 e. The van der Waals surface area contributed by atoms with Gasteiger partial charge in [-0.25, -0.2) is 13.1 Å². The average molecular weight is 299 g/mol. The lowest BCUT2D eigenvalue weighted by Crippen LogP contribution is -2.26. The summed E-state index contributed by atoms with van der Waals surface area (Å²) in [4.78, 5) is 0. The van der Waals surface area contributed by atoms with Gasteiger partial charge in [-0.3, -0.25) is 5.10 Å². The summed E-state index contributed by atoms with van der Waals surface area (Å²) in [6, 6.07) is 0. The maximum atomic E-state index is 12.2. The highest BCUT2D eigenvalue weighted by molar-refractivity contribution is 7.89. The summed E-state index contributed by atoms with van der Waals surface area (Å²) in [5.74, 6) is 0.539. The molecular formula is C10H17N7O2S. The van der Waals surface area contributed by atoms with E-state index in [-0.39, 0.29) is 18.1 Å². The first-order chi connectivity index (χ1) is 9.49. The zero-order chi connectivity index (χ0) is 14.8. The van der Waals surface area contributed by atoms with Crippen LogP contribution in [-0.2, 0) is 29.7 Å².